The van der Waals surface area contributed by atoms with Crippen molar-refractivity contribution < 1.29 is 9.90 Å². The minimum Gasteiger partial charge on any atom is -0.393 e. The lowest BCUT2D eigenvalue weighted by Crippen LogP contribution is -2.53. The molecule has 4 nitrogen and oxygen atoms in total. The highest BCUT2D eigenvalue weighted by Crippen LogP contribution is 2.24. The van der Waals surface area contributed by atoms with Gasteiger partial charge in [0.05, 0.1) is 12.1 Å². The summed E-state index contributed by atoms with van der Waals surface area (Å²) >= 11 is 0. The number of hydrogen-bond acceptors (Lipinski definition) is 3. The molecule has 0 aromatic heterocycles. The standard InChI is InChI=1S/C17H32N2O2/c1-14(20)13-16-9-5-8-12-19(16)15(2)17(21)18-10-6-3-4-7-11-18/h14-16,20H,3-13H2,1-2H3. The minimum absolute atomic E-state index is 0.0350. The third kappa shape index (κ3) is 4.68. The van der Waals surface area contributed by atoms with Crippen LogP contribution in [0.15, 0.2) is 0 Å². The van der Waals surface area contributed by atoms with Gasteiger partial charge in [-0.1, -0.05) is 19.3 Å². The van der Waals surface area contributed by atoms with Gasteiger partial charge in [-0.15, -0.1) is 0 Å². The fourth-order valence-corrected chi connectivity index (χ4v) is 3.88. The maximum atomic E-state index is 12.8. The van der Waals surface area contributed by atoms with Gasteiger partial charge in [-0.3, -0.25) is 9.69 Å². The average Bonchev–Trinajstić information content (AvgIpc) is 2.75. The molecule has 0 aromatic carbocycles. The zero-order valence-corrected chi connectivity index (χ0v) is 13.8. The van der Waals surface area contributed by atoms with Gasteiger partial charge in [-0.25, -0.2) is 0 Å². The number of rotatable bonds is 4. The second-order valence-electron chi connectivity index (χ2n) is 6.89. The topological polar surface area (TPSA) is 43.8 Å². The molecule has 2 aliphatic heterocycles. The van der Waals surface area contributed by atoms with Crippen LogP contribution in [-0.2, 0) is 4.79 Å². The Morgan fingerprint density at radius 1 is 1.05 bits per heavy atom. The van der Waals surface area contributed by atoms with Crippen LogP contribution in [0.4, 0.5) is 0 Å². The first-order valence-electron chi connectivity index (χ1n) is 8.82. The van der Waals surface area contributed by atoms with E-state index in [2.05, 4.69) is 16.7 Å². The van der Waals surface area contributed by atoms with Crippen molar-refractivity contribution in [2.24, 2.45) is 0 Å². The molecule has 0 bridgehead atoms. The first kappa shape index (κ1) is 16.8. The van der Waals surface area contributed by atoms with Gasteiger partial charge in [-0.05, 0) is 52.5 Å². The predicted octanol–water partition coefficient (Wildman–Crippen LogP) is 2.40. The summed E-state index contributed by atoms with van der Waals surface area (Å²) in [6, 6.07) is 0.330. The molecule has 2 fully saturated rings. The molecular formula is C17H32N2O2. The van der Waals surface area contributed by atoms with Gasteiger partial charge in [0.1, 0.15) is 0 Å². The molecule has 122 valence electrons. The number of aliphatic hydroxyl groups excluding tert-OH is 1. The number of aliphatic hydroxyl groups is 1. The number of hydrogen-bond donors (Lipinski definition) is 1. The average molecular weight is 296 g/mol. The Kier molecular flexibility index (Phi) is 6.49. The fraction of sp³-hybridized carbons (Fsp3) is 0.941. The molecule has 0 spiro atoms. The van der Waals surface area contributed by atoms with Crippen LogP contribution in [0.5, 0.6) is 0 Å². The molecule has 3 unspecified atom stereocenters. The van der Waals surface area contributed by atoms with Crippen molar-refractivity contribution in [3.63, 3.8) is 0 Å². The van der Waals surface area contributed by atoms with Gasteiger partial charge in [0.25, 0.3) is 0 Å². The normalized spacial score (nSPS) is 28.0. The highest BCUT2D eigenvalue weighted by Gasteiger charge is 2.33. The molecule has 3 atom stereocenters. The van der Waals surface area contributed by atoms with Crippen LogP contribution in [0.3, 0.4) is 0 Å². The maximum Gasteiger partial charge on any atom is 0.239 e. The molecular weight excluding hydrogens is 264 g/mol. The van der Waals surface area contributed by atoms with Crippen molar-refractivity contribution in [1.82, 2.24) is 9.80 Å². The van der Waals surface area contributed by atoms with Crippen LogP contribution in [0.25, 0.3) is 0 Å². The lowest BCUT2D eigenvalue weighted by atomic mass is 9.95. The zero-order valence-electron chi connectivity index (χ0n) is 13.8. The van der Waals surface area contributed by atoms with Crippen LogP contribution < -0.4 is 0 Å². The number of carbonyl (C=O) groups is 1. The summed E-state index contributed by atoms with van der Waals surface area (Å²) in [5, 5.41) is 9.71. The van der Waals surface area contributed by atoms with Gasteiger partial charge in [-0.2, -0.15) is 0 Å². The van der Waals surface area contributed by atoms with Crippen molar-refractivity contribution in [2.45, 2.75) is 83.4 Å². The van der Waals surface area contributed by atoms with E-state index in [1.54, 1.807) is 0 Å². The molecule has 2 rings (SSSR count). The molecule has 0 saturated carbocycles. The van der Waals surface area contributed by atoms with E-state index in [4.69, 9.17) is 0 Å². The van der Waals surface area contributed by atoms with Crippen molar-refractivity contribution in [2.75, 3.05) is 19.6 Å². The molecule has 21 heavy (non-hydrogen) atoms. The Hall–Kier alpha value is -0.610. The number of piperidine rings is 1. The molecule has 0 radical (unpaired) electrons. The SMILES string of the molecule is CC(O)CC1CCCCN1C(C)C(=O)N1CCCCCC1. The quantitative estimate of drug-likeness (QED) is 0.866. The van der Waals surface area contributed by atoms with Gasteiger partial charge >= 0.3 is 0 Å². The third-order valence-electron chi connectivity index (χ3n) is 5.06. The van der Waals surface area contributed by atoms with E-state index in [0.29, 0.717) is 11.9 Å². The van der Waals surface area contributed by atoms with Crippen LogP contribution >= 0.6 is 0 Å². The molecule has 4 heteroatoms. The molecule has 2 heterocycles. The highest BCUT2D eigenvalue weighted by molar-refractivity contribution is 5.81. The van der Waals surface area contributed by atoms with E-state index in [1.165, 1.54) is 25.7 Å². The Morgan fingerprint density at radius 2 is 1.67 bits per heavy atom. The molecule has 0 aliphatic carbocycles. The first-order valence-corrected chi connectivity index (χ1v) is 8.82. The highest BCUT2D eigenvalue weighted by atomic mass is 16.3. The summed E-state index contributed by atoms with van der Waals surface area (Å²) in [5.41, 5.74) is 0. The second kappa shape index (κ2) is 8.14. The van der Waals surface area contributed by atoms with Crippen LogP contribution in [0.2, 0.25) is 0 Å². The van der Waals surface area contributed by atoms with Crippen molar-refractivity contribution in [3.8, 4) is 0 Å². The van der Waals surface area contributed by atoms with Crippen LogP contribution in [-0.4, -0.2) is 58.6 Å². The number of likely N-dealkylation sites (tertiary alicyclic amines) is 2. The Bertz CT molecular complexity index is 325. The monoisotopic (exact) mass is 296 g/mol. The van der Waals surface area contributed by atoms with Crippen LogP contribution in [0, 0.1) is 0 Å². The van der Waals surface area contributed by atoms with E-state index in [1.807, 2.05) is 6.92 Å². The zero-order chi connectivity index (χ0) is 15.2. The van der Waals surface area contributed by atoms with E-state index in [9.17, 15) is 9.90 Å². The number of amides is 1. The number of nitrogens with zero attached hydrogens (tertiary/aromatic N) is 2. The molecule has 2 saturated heterocycles. The molecule has 1 amide bonds. The number of carbonyl (C=O) groups excluding carboxylic acids is 1. The smallest absolute Gasteiger partial charge is 0.239 e. The first-order chi connectivity index (χ1) is 10.1. The molecule has 0 aromatic rings. The summed E-state index contributed by atoms with van der Waals surface area (Å²) < 4.78 is 0. The summed E-state index contributed by atoms with van der Waals surface area (Å²) in [6.45, 7) is 6.77. The Balaban J connectivity index is 1.97. The maximum absolute atomic E-state index is 12.8. The Labute approximate surface area is 129 Å². The fourth-order valence-electron chi connectivity index (χ4n) is 3.88. The van der Waals surface area contributed by atoms with Gasteiger partial charge in [0.2, 0.25) is 5.91 Å². The lowest BCUT2D eigenvalue weighted by Gasteiger charge is -2.41. The van der Waals surface area contributed by atoms with Gasteiger partial charge in [0.15, 0.2) is 0 Å². The van der Waals surface area contributed by atoms with Gasteiger partial charge in [0, 0.05) is 19.1 Å². The summed E-state index contributed by atoms with van der Waals surface area (Å²) in [6.07, 6.45) is 8.83. The van der Waals surface area contributed by atoms with E-state index in [0.717, 1.165) is 45.3 Å². The Morgan fingerprint density at radius 3 is 2.29 bits per heavy atom. The third-order valence-corrected chi connectivity index (χ3v) is 5.06. The van der Waals surface area contributed by atoms with Crippen molar-refractivity contribution in [1.29, 1.82) is 0 Å². The summed E-state index contributed by atoms with van der Waals surface area (Å²) in [5.74, 6) is 0.300. The summed E-state index contributed by atoms with van der Waals surface area (Å²) in [7, 11) is 0. The van der Waals surface area contributed by atoms with Gasteiger partial charge < -0.3 is 10.0 Å². The lowest BCUT2D eigenvalue weighted by molar-refractivity contribution is -0.138. The van der Waals surface area contributed by atoms with E-state index < -0.39 is 0 Å². The van der Waals surface area contributed by atoms with Crippen LogP contribution in [0.1, 0.15) is 65.2 Å². The van der Waals surface area contributed by atoms with E-state index in [-0.39, 0.29) is 12.1 Å². The molecule has 2 aliphatic rings. The minimum atomic E-state index is -0.281. The summed E-state index contributed by atoms with van der Waals surface area (Å²) in [4.78, 5) is 17.2. The largest absolute Gasteiger partial charge is 0.393 e. The van der Waals surface area contributed by atoms with Crippen molar-refractivity contribution in [3.05, 3.63) is 0 Å². The van der Waals surface area contributed by atoms with E-state index >= 15 is 0 Å². The second-order valence-corrected chi connectivity index (χ2v) is 6.89. The molecule has 1 N–H and O–H groups in total. The predicted molar refractivity (Wildman–Crippen MR) is 85.2 cm³/mol. The van der Waals surface area contributed by atoms with Crippen molar-refractivity contribution >= 4 is 5.91 Å².